The van der Waals surface area contributed by atoms with E-state index in [0.717, 1.165) is 11.1 Å². The number of alkyl halides is 1. The smallest absolute Gasteiger partial charge is 0.335 e. The number of benzene rings is 2. The van der Waals surface area contributed by atoms with Gasteiger partial charge < -0.3 is 5.11 Å². The van der Waals surface area contributed by atoms with E-state index < -0.39 is 18.0 Å². The van der Waals surface area contributed by atoms with Crippen molar-refractivity contribution in [3.63, 3.8) is 0 Å². The Hall–Kier alpha value is -3.58. The summed E-state index contributed by atoms with van der Waals surface area (Å²) in [7, 11) is 1.41. The molecule has 0 aliphatic heterocycles. The Morgan fingerprint density at radius 3 is 2.38 bits per heavy atom. The van der Waals surface area contributed by atoms with Gasteiger partial charge in [-0.15, -0.1) is 0 Å². The molecule has 6 nitrogen and oxygen atoms in total. The summed E-state index contributed by atoms with van der Waals surface area (Å²) in [6.07, 6.45) is -0.668. The zero-order valence-electron chi connectivity index (χ0n) is 18.0. The molecule has 0 saturated heterocycles. The van der Waals surface area contributed by atoms with E-state index in [1.807, 2.05) is 30.3 Å². The molecule has 1 heterocycles. The van der Waals surface area contributed by atoms with Crippen LogP contribution in [0.2, 0.25) is 0 Å². The molecule has 0 spiro atoms. The van der Waals surface area contributed by atoms with Gasteiger partial charge in [0.15, 0.2) is 0 Å². The second kappa shape index (κ2) is 10.6. The molecule has 7 heteroatoms. The highest BCUT2D eigenvalue weighted by molar-refractivity contribution is 5.91. The molecule has 166 valence electrons. The summed E-state index contributed by atoms with van der Waals surface area (Å²) in [6, 6.07) is 18.9. The average Bonchev–Trinajstić information content (AvgIpc) is 2.81. The molecule has 0 bridgehead atoms. The molecule has 2 aromatic carbocycles. The number of hydroxylamine groups is 2. The van der Waals surface area contributed by atoms with Crippen molar-refractivity contribution < 1.29 is 23.9 Å². The highest BCUT2D eigenvalue weighted by atomic mass is 19.1. The minimum atomic E-state index is -1.30. The van der Waals surface area contributed by atoms with Gasteiger partial charge in [-0.25, -0.2) is 19.2 Å². The van der Waals surface area contributed by atoms with Gasteiger partial charge in [-0.1, -0.05) is 42.5 Å². The van der Waals surface area contributed by atoms with Crippen LogP contribution in [0.15, 0.2) is 66.7 Å². The molecule has 0 aliphatic carbocycles. The fourth-order valence-corrected chi connectivity index (χ4v) is 3.36. The summed E-state index contributed by atoms with van der Waals surface area (Å²) >= 11 is 0. The lowest BCUT2D eigenvalue weighted by molar-refractivity contribution is -0.102. The number of halogens is 1. The van der Waals surface area contributed by atoms with Crippen LogP contribution in [0.25, 0.3) is 0 Å². The molecular weight excluding hydrogens is 411 g/mol. The molecule has 1 unspecified atom stereocenters. The van der Waals surface area contributed by atoms with Crippen LogP contribution in [0, 0.1) is 6.92 Å². The number of rotatable bonds is 9. The van der Waals surface area contributed by atoms with Crippen molar-refractivity contribution in [2.45, 2.75) is 32.5 Å². The Kier molecular flexibility index (Phi) is 7.68. The first-order valence-electron chi connectivity index (χ1n) is 10.2. The van der Waals surface area contributed by atoms with Crippen LogP contribution in [0.1, 0.15) is 55.8 Å². The Morgan fingerprint density at radius 2 is 1.75 bits per heavy atom. The lowest BCUT2D eigenvalue weighted by Crippen LogP contribution is -2.30. The number of amides is 1. The van der Waals surface area contributed by atoms with E-state index in [2.05, 4.69) is 4.98 Å². The summed E-state index contributed by atoms with van der Waals surface area (Å²) in [6.45, 7) is 1.96. The fourth-order valence-electron chi connectivity index (χ4n) is 3.36. The zero-order valence-corrected chi connectivity index (χ0v) is 18.0. The maximum atomic E-state index is 15.0. The molecule has 1 N–H and O–H groups in total. The van der Waals surface area contributed by atoms with Gasteiger partial charge in [0.05, 0.1) is 19.2 Å². The number of aromatic nitrogens is 1. The van der Waals surface area contributed by atoms with Crippen molar-refractivity contribution in [1.29, 1.82) is 0 Å². The largest absolute Gasteiger partial charge is 0.478 e. The van der Waals surface area contributed by atoms with E-state index in [0.29, 0.717) is 17.7 Å². The molecular formula is C25H25FN2O4. The van der Waals surface area contributed by atoms with Crippen LogP contribution in [-0.4, -0.2) is 34.1 Å². The van der Waals surface area contributed by atoms with Crippen LogP contribution in [0.5, 0.6) is 0 Å². The average molecular weight is 436 g/mol. The van der Waals surface area contributed by atoms with Gasteiger partial charge in [-0.3, -0.25) is 9.63 Å². The van der Waals surface area contributed by atoms with E-state index in [1.165, 1.54) is 30.4 Å². The van der Waals surface area contributed by atoms with E-state index in [4.69, 9.17) is 9.94 Å². The van der Waals surface area contributed by atoms with E-state index in [-0.39, 0.29) is 24.2 Å². The van der Waals surface area contributed by atoms with Crippen molar-refractivity contribution in [2.24, 2.45) is 0 Å². The molecule has 1 amide bonds. The Labute approximate surface area is 186 Å². The second-order valence-electron chi connectivity index (χ2n) is 7.45. The first-order chi connectivity index (χ1) is 15.4. The first-order valence-corrected chi connectivity index (χ1v) is 10.2. The number of carbonyl (C=O) groups excluding carboxylic acids is 1. The summed E-state index contributed by atoms with van der Waals surface area (Å²) in [5, 5.41) is 10.2. The van der Waals surface area contributed by atoms with E-state index in [1.54, 1.807) is 25.1 Å². The number of hydrogen-bond donors (Lipinski definition) is 1. The molecule has 3 aromatic rings. The maximum absolute atomic E-state index is 15.0. The standard InChI is InChI=1S/C25H25FN2O4/c1-17-14-21(22(26)13-10-18-8-11-20(12-9-18)25(30)31)15-23(27-17)24(29)28(32-2)16-19-6-4-3-5-7-19/h3-9,11-12,14-15,22H,10,13,16H2,1-2H3,(H,30,31). The highest BCUT2D eigenvalue weighted by Crippen LogP contribution is 2.25. The van der Waals surface area contributed by atoms with Gasteiger partial charge in [0.2, 0.25) is 0 Å². The van der Waals surface area contributed by atoms with Gasteiger partial charge in [0.1, 0.15) is 11.9 Å². The highest BCUT2D eigenvalue weighted by Gasteiger charge is 2.21. The minimum absolute atomic E-state index is 0.117. The number of carboxylic acid groups (broad SMARTS) is 1. The second-order valence-corrected chi connectivity index (χ2v) is 7.45. The Morgan fingerprint density at radius 1 is 1.06 bits per heavy atom. The van der Waals surface area contributed by atoms with Crippen molar-refractivity contribution in [3.05, 3.63) is 100 Å². The van der Waals surface area contributed by atoms with Crippen LogP contribution < -0.4 is 0 Å². The fraction of sp³-hybridized carbons (Fsp3) is 0.240. The molecule has 32 heavy (non-hydrogen) atoms. The van der Waals surface area contributed by atoms with E-state index in [9.17, 15) is 9.59 Å². The number of aromatic carboxylic acids is 1. The van der Waals surface area contributed by atoms with Gasteiger partial charge in [-0.2, -0.15) is 0 Å². The molecule has 0 radical (unpaired) electrons. The molecule has 0 saturated carbocycles. The molecule has 3 rings (SSSR count). The lowest BCUT2D eigenvalue weighted by Gasteiger charge is -2.20. The Balaban J connectivity index is 1.70. The summed E-state index contributed by atoms with van der Waals surface area (Å²) in [5.41, 5.74) is 2.96. The SMILES string of the molecule is CON(Cc1ccccc1)C(=O)c1cc(C(F)CCc2ccc(C(=O)O)cc2)cc(C)n1. The molecule has 0 aliphatic rings. The van der Waals surface area contributed by atoms with Crippen LogP contribution in [0.4, 0.5) is 4.39 Å². The number of carboxylic acids is 1. The third-order valence-corrected chi connectivity index (χ3v) is 5.06. The van der Waals surface area contributed by atoms with Crippen molar-refractivity contribution >= 4 is 11.9 Å². The predicted octanol–water partition coefficient (Wildman–Crippen LogP) is 4.94. The van der Waals surface area contributed by atoms with Crippen molar-refractivity contribution in [3.8, 4) is 0 Å². The van der Waals surface area contributed by atoms with Crippen LogP contribution in [0.3, 0.4) is 0 Å². The minimum Gasteiger partial charge on any atom is -0.478 e. The number of pyridine rings is 1. The van der Waals surface area contributed by atoms with Gasteiger partial charge >= 0.3 is 5.97 Å². The number of nitrogens with zero attached hydrogens (tertiary/aromatic N) is 2. The molecule has 1 atom stereocenters. The number of aryl methyl sites for hydroxylation is 2. The quantitative estimate of drug-likeness (QED) is 0.481. The Bertz CT molecular complexity index is 1070. The number of carbonyl (C=O) groups is 2. The molecule has 0 fully saturated rings. The third kappa shape index (κ3) is 5.98. The predicted molar refractivity (Wildman–Crippen MR) is 118 cm³/mol. The monoisotopic (exact) mass is 436 g/mol. The first kappa shape index (κ1) is 23.1. The topological polar surface area (TPSA) is 79.7 Å². The van der Waals surface area contributed by atoms with Crippen LogP contribution in [-0.2, 0) is 17.8 Å². The lowest BCUT2D eigenvalue weighted by atomic mass is 10.0. The maximum Gasteiger partial charge on any atom is 0.335 e. The van der Waals surface area contributed by atoms with E-state index >= 15 is 4.39 Å². The summed E-state index contributed by atoms with van der Waals surface area (Å²) < 4.78 is 15.0. The van der Waals surface area contributed by atoms with Crippen molar-refractivity contribution in [1.82, 2.24) is 10.0 Å². The van der Waals surface area contributed by atoms with Gasteiger partial charge in [0, 0.05) is 5.69 Å². The van der Waals surface area contributed by atoms with Gasteiger partial charge in [0.25, 0.3) is 5.91 Å². The number of hydrogen-bond acceptors (Lipinski definition) is 4. The normalized spacial score (nSPS) is 11.7. The molecule has 1 aromatic heterocycles. The van der Waals surface area contributed by atoms with Gasteiger partial charge in [-0.05, 0) is 60.7 Å². The van der Waals surface area contributed by atoms with Crippen molar-refractivity contribution in [2.75, 3.05) is 7.11 Å². The summed E-state index contributed by atoms with van der Waals surface area (Å²) in [5.74, 6) is -1.44. The third-order valence-electron chi connectivity index (χ3n) is 5.06. The zero-order chi connectivity index (χ0) is 23.1. The summed E-state index contributed by atoms with van der Waals surface area (Å²) in [4.78, 5) is 33.4. The van der Waals surface area contributed by atoms with Crippen LogP contribution >= 0.6 is 0 Å².